The second-order valence-corrected chi connectivity index (χ2v) is 3.86. The van der Waals surface area contributed by atoms with Crippen LogP contribution in [0.15, 0.2) is 0 Å². The summed E-state index contributed by atoms with van der Waals surface area (Å²) < 4.78 is 0. The second kappa shape index (κ2) is 4.11. The van der Waals surface area contributed by atoms with Crippen LogP contribution in [0.2, 0.25) is 0 Å². The number of carbonyl (C=O) groups excluding carboxylic acids is 1. The van der Waals surface area contributed by atoms with Gasteiger partial charge in [-0.15, -0.1) is 0 Å². The minimum Gasteiger partial charge on any atom is -0.480 e. The maximum absolute atomic E-state index is 10.9. The molecule has 0 spiro atoms. The summed E-state index contributed by atoms with van der Waals surface area (Å²) in [5.41, 5.74) is -0.502. The lowest BCUT2D eigenvalue weighted by atomic mass is 9.87. The number of amides is 2. The van der Waals surface area contributed by atoms with Gasteiger partial charge in [0.1, 0.15) is 6.04 Å². The van der Waals surface area contributed by atoms with Gasteiger partial charge in [0.25, 0.3) is 0 Å². The third-order valence-electron chi connectivity index (χ3n) is 1.62. The van der Waals surface area contributed by atoms with Crippen LogP contribution < -0.4 is 10.6 Å². The van der Waals surface area contributed by atoms with E-state index in [1.807, 2.05) is 0 Å². The maximum Gasteiger partial charge on any atom is 0.326 e. The van der Waals surface area contributed by atoms with Crippen LogP contribution in [0.1, 0.15) is 20.8 Å². The fourth-order valence-corrected chi connectivity index (χ4v) is 0.852. The molecule has 0 aliphatic rings. The van der Waals surface area contributed by atoms with Crippen molar-refractivity contribution in [3.63, 3.8) is 0 Å². The molecule has 0 aromatic heterocycles. The molecule has 1 unspecified atom stereocenters. The van der Waals surface area contributed by atoms with E-state index < -0.39 is 23.5 Å². The zero-order valence-electron chi connectivity index (χ0n) is 8.34. The topological polar surface area (TPSA) is 78.4 Å². The average molecular weight is 188 g/mol. The molecule has 0 bridgehead atoms. The zero-order valence-corrected chi connectivity index (χ0v) is 8.34. The highest BCUT2D eigenvalue weighted by molar-refractivity contribution is 5.82. The number of hydrogen-bond acceptors (Lipinski definition) is 2. The lowest BCUT2D eigenvalue weighted by Gasteiger charge is -2.27. The van der Waals surface area contributed by atoms with Gasteiger partial charge in [-0.05, 0) is 5.41 Å². The highest BCUT2D eigenvalue weighted by Gasteiger charge is 2.32. The zero-order chi connectivity index (χ0) is 10.6. The van der Waals surface area contributed by atoms with Crippen molar-refractivity contribution in [1.29, 1.82) is 0 Å². The fourth-order valence-electron chi connectivity index (χ4n) is 0.852. The minimum absolute atomic E-state index is 0.484. The number of rotatable bonds is 2. The van der Waals surface area contributed by atoms with E-state index in [1.54, 1.807) is 20.8 Å². The Kier molecular flexibility index (Phi) is 3.71. The molecule has 5 heteroatoms. The van der Waals surface area contributed by atoms with Crippen molar-refractivity contribution in [3.05, 3.63) is 0 Å². The summed E-state index contributed by atoms with van der Waals surface area (Å²) in [6.07, 6.45) is 0. The van der Waals surface area contributed by atoms with E-state index in [0.717, 1.165) is 0 Å². The predicted octanol–water partition coefficient (Wildman–Crippen LogP) is 0.415. The van der Waals surface area contributed by atoms with Gasteiger partial charge in [-0.25, -0.2) is 9.59 Å². The third-order valence-corrected chi connectivity index (χ3v) is 1.62. The molecule has 0 saturated carbocycles. The molecule has 0 heterocycles. The van der Waals surface area contributed by atoms with Gasteiger partial charge in [0.15, 0.2) is 0 Å². The monoisotopic (exact) mass is 188 g/mol. The smallest absolute Gasteiger partial charge is 0.326 e. The normalized spacial score (nSPS) is 13.2. The van der Waals surface area contributed by atoms with E-state index in [2.05, 4.69) is 10.6 Å². The Labute approximate surface area is 77.5 Å². The van der Waals surface area contributed by atoms with Crippen LogP contribution in [0.4, 0.5) is 4.79 Å². The molecule has 13 heavy (non-hydrogen) atoms. The molecule has 0 aliphatic heterocycles. The molecule has 0 aliphatic carbocycles. The molecule has 0 saturated heterocycles. The van der Waals surface area contributed by atoms with Crippen molar-refractivity contribution >= 4 is 12.0 Å². The molecular formula is C8H16N2O3. The summed E-state index contributed by atoms with van der Waals surface area (Å²) in [7, 11) is 1.44. The molecule has 0 radical (unpaired) electrons. The fraction of sp³-hybridized carbons (Fsp3) is 0.750. The lowest BCUT2D eigenvalue weighted by molar-refractivity contribution is -0.141. The number of hydrogen-bond donors (Lipinski definition) is 3. The van der Waals surface area contributed by atoms with Gasteiger partial charge in [-0.3, -0.25) is 0 Å². The quantitative estimate of drug-likeness (QED) is 0.587. The van der Waals surface area contributed by atoms with Gasteiger partial charge in [-0.1, -0.05) is 20.8 Å². The van der Waals surface area contributed by atoms with Gasteiger partial charge >= 0.3 is 12.0 Å². The van der Waals surface area contributed by atoms with Gasteiger partial charge in [0.2, 0.25) is 0 Å². The highest BCUT2D eigenvalue weighted by atomic mass is 16.4. The predicted molar refractivity (Wildman–Crippen MR) is 48.5 cm³/mol. The van der Waals surface area contributed by atoms with Gasteiger partial charge in [0, 0.05) is 7.05 Å². The van der Waals surface area contributed by atoms with Crippen molar-refractivity contribution < 1.29 is 14.7 Å². The first-order chi connectivity index (χ1) is 5.79. The Morgan fingerprint density at radius 2 is 1.77 bits per heavy atom. The number of carbonyl (C=O) groups is 2. The molecule has 2 amide bonds. The van der Waals surface area contributed by atoms with E-state index in [0.29, 0.717) is 0 Å². The summed E-state index contributed by atoms with van der Waals surface area (Å²) in [6.45, 7) is 5.26. The lowest BCUT2D eigenvalue weighted by Crippen LogP contribution is -2.51. The van der Waals surface area contributed by atoms with Crippen LogP contribution in [0, 0.1) is 5.41 Å². The van der Waals surface area contributed by atoms with Crippen LogP contribution in [0.25, 0.3) is 0 Å². The second-order valence-electron chi connectivity index (χ2n) is 3.86. The van der Waals surface area contributed by atoms with Crippen LogP contribution in [-0.4, -0.2) is 30.2 Å². The first kappa shape index (κ1) is 11.7. The number of carboxylic acids is 1. The number of carboxylic acid groups (broad SMARTS) is 1. The summed E-state index contributed by atoms with van der Waals surface area (Å²) in [6, 6.07) is -1.37. The molecule has 3 N–H and O–H groups in total. The molecule has 0 fully saturated rings. The van der Waals surface area contributed by atoms with Crippen molar-refractivity contribution in [2.45, 2.75) is 26.8 Å². The van der Waals surface area contributed by atoms with Crippen molar-refractivity contribution in [1.82, 2.24) is 10.6 Å². The molecular weight excluding hydrogens is 172 g/mol. The summed E-state index contributed by atoms with van der Waals surface area (Å²) in [5.74, 6) is -1.03. The Morgan fingerprint density at radius 1 is 1.31 bits per heavy atom. The van der Waals surface area contributed by atoms with Crippen LogP contribution >= 0.6 is 0 Å². The number of urea groups is 1. The molecule has 0 aromatic rings. The largest absolute Gasteiger partial charge is 0.480 e. The van der Waals surface area contributed by atoms with Gasteiger partial charge in [-0.2, -0.15) is 0 Å². The molecule has 5 nitrogen and oxygen atoms in total. The van der Waals surface area contributed by atoms with E-state index in [1.165, 1.54) is 7.05 Å². The molecule has 1 atom stereocenters. The van der Waals surface area contributed by atoms with Crippen molar-refractivity contribution in [3.8, 4) is 0 Å². The standard InChI is InChI=1S/C8H16N2O3/c1-8(2,3)5(6(11)12)10-7(13)9-4/h5H,1-4H3,(H,11,12)(H2,9,10,13). The summed E-state index contributed by atoms with van der Waals surface area (Å²) >= 11 is 0. The van der Waals surface area contributed by atoms with Gasteiger partial charge in [0.05, 0.1) is 0 Å². The third kappa shape index (κ3) is 3.78. The highest BCUT2D eigenvalue weighted by Crippen LogP contribution is 2.19. The average Bonchev–Trinajstić information content (AvgIpc) is 1.96. The van der Waals surface area contributed by atoms with Crippen molar-refractivity contribution in [2.24, 2.45) is 5.41 Å². The van der Waals surface area contributed by atoms with E-state index in [4.69, 9.17) is 5.11 Å². The van der Waals surface area contributed by atoms with E-state index in [-0.39, 0.29) is 0 Å². The summed E-state index contributed by atoms with van der Waals surface area (Å²) in [5, 5.41) is 13.5. The van der Waals surface area contributed by atoms with E-state index >= 15 is 0 Å². The van der Waals surface area contributed by atoms with E-state index in [9.17, 15) is 9.59 Å². The molecule has 0 aromatic carbocycles. The van der Waals surface area contributed by atoms with Gasteiger partial charge < -0.3 is 15.7 Å². The van der Waals surface area contributed by atoms with Crippen LogP contribution in [0.5, 0.6) is 0 Å². The van der Waals surface area contributed by atoms with Crippen LogP contribution in [-0.2, 0) is 4.79 Å². The number of aliphatic carboxylic acids is 1. The maximum atomic E-state index is 10.9. The Morgan fingerprint density at radius 3 is 2.00 bits per heavy atom. The minimum atomic E-state index is -1.03. The number of nitrogens with one attached hydrogen (secondary N) is 2. The first-order valence-electron chi connectivity index (χ1n) is 4.00. The van der Waals surface area contributed by atoms with Crippen LogP contribution in [0.3, 0.4) is 0 Å². The summed E-state index contributed by atoms with van der Waals surface area (Å²) in [4.78, 5) is 21.6. The SMILES string of the molecule is CNC(=O)NC(C(=O)O)C(C)(C)C. The molecule has 76 valence electrons. The van der Waals surface area contributed by atoms with Crippen molar-refractivity contribution in [2.75, 3.05) is 7.05 Å². The first-order valence-corrected chi connectivity index (χ1v) is 4.00. The Hall–Kier alpha value is -1.26. The Balaban J connectivity index is 4.46. The Bertz CT molecular complexity index is 208. The molecule has 0 rings (SSSR count).